The molecule has 0 aliphatic carbocycles. The molecule has 0 spiro atoms. The number of thiocarbonyl (C=S) groups is 1. The third kappa shape index (κ3) is 4.96. The van der Waals surface area contributed by atoms with Gasteiger partial charge in [0.05, 0.1) is 4.91 Å². The quantitative estimate of drug-likeness (QED) is 0.249. The Labute approximate surface area is 218 Å². The fourth-order valence-electron chi connectivity index (χ4n) is 4.10. The van der Waals surface area contributed by atoms with E-state index in [1.54, 1.807) is 35.4 Å². The van der Waals surface area contributed by atoms with Gasteiger partial charge in [-0.25, -0.2) is 0 Å². The molecular weight excluding hydrogens is 490 g/mol. The number of carbonyl (C=O) groups excluding carboxylic acids is 1. The van der Waals surface area contributed by atoms with Crippen LogP contribution in [0.2, 0.25) is 0 Å². The molecule has 0 saturated carbocycles. The maximum atomic E-state index is 13.5. The van der Waals surface area contributed by atoms with E-state index in [4.69, 9.17) is 17.0 Å². The summed E-state index contributed by atoms with van der Waals surface area (Å²) in [5.74, 6) is 0.492. The van der Waals surface area contributed by atoms with Crippen LogP contribution in [-0.4, -0.2) is 31.1 Å². The highest BCUT2D eigenvalue weighted by atomic mass is 32.2. The molecule has 1 amide bonds. The molecule has 5 rings (SSSR count). The normalized spacial score (nSPS) is 14.7. The number of benzene rings is 2. The largest absolute Gasteiger partial charge is 0.438 e. The predicted molar refractivity (Wildman–Crippen MR) is 147 cm³/mol. The Morgan fingerprint density at radius 1 is 1.00 bits per heavy atom. The number of carbonyl (C=O) groups is 1. The average Bonchev–Trinajstić information content (AvgIpc) is 3.12. The molecule has 1 aliphatic rings. The van der Waals surface area contributed by atoms with Gasteiger partial charge < -0.3 is 4.74 Å². The highest BCUT2D eigenvalue weighted by Crippen LogP contribution is 2.34. The summed E-state index contributed by atoms with van der Waals surface area (Å²) in [7, 11) is 0. The topological polar surface area (TPSA) is 63.9 Å². The molecule has 1 aliphatic heterocycles. The van der Waals surface area contributed by atoms with Gasteiger partial charge in [0.15, 0.2) is 0 Å². The van der Waals surface area contributed by atoms with Crippen LogP contribution in [0.25, 0.3) is 11.7 Å². The number of fused-ring (bicyclic) bond motifs is 1. The maximum absolute atomic E-state index is 13.5. The van der Waals surface area contributed by atoms with E-state index in [0.29, 0.717) is 33.6 Å². The lowest BCUT2D eigenvalue weighted by molar-refractivity contribution is -0.122. The number of aromatic nitrogens is 2. The van der Waals surface area contributed by atoms with Crippen LogP contribution in [0.15, 0.2) is 82.6 Å². The fourth-order valence-corrected chi connectivity index (χ4v) is 5.39. The van der Waals surface area contributed by atoms with Crippen molar-refractivity contribution in [1.82, 2.24) is 14.3 Å². The second-order valence-corrected chi connectivity index (χ2v) is 10.2. The molecule has 4 aromatic rings. The fraction of sp³-hybridized carbons (Fsp3) is 0.143. The Bertz CT molecular complexity index is 1560. The second-order valence-electron chi connectivity index (χ2n) is 8.56. The van der Waals surface area contributed by atoms with Crippen LogP contribution in [0.5, 0.6) is 11.6 Å². The van der Waals surface area contributed by atoms with E-state index in [9.17, 15) is 9.59 Å². The van der Waals surface area contributed by atoms with Gasteiger partial charge in [-0.3, -0.25) is 18.9 Å². The van der Waals surface area contributed by atoms with E-state index in [-0.39, 0.29) is 22.9 Å². The van der Waals surface area contributed by atoms with Crippen molar-refractivity contribution >= 4 is 45.9 Å². The molecule has 180 valence electrons. The number of thioether (sulfide) groups is 1. The van der Waals surface area contributed by atoms with Crippen molar-refractivity contribution in [3.8, 4) is 11.6 Å². The molecule has 3 heterocycles. The SMILES string of the molecule is Cc1cc(C)cc(Oc2nc3ccccn3c(=O)c2/C=C2/SC(=S)N(CCc3ccccc3)C2=O)c1. The van der Waals surface area contributed by atoms with E-state index in [1.807, 2.05) is 62.4 Å². The van der Waals surface area contributed by atoms with Gasteiger partial charge in [-0.15, -0.1) is 0 Å². The third-order valence-electron chi connectivity index (χ3n) is 5.76. The lowest BCUT2D eigenvalue weighted by Gasteiger charge is -2.14. The van der Waals surface area contributed by atoms with Gasteiger partial charge in [-0.1, -0.05) is 66.4 Å². The Morgan fingerprint density at radius 2 is 1.72 bits per heavy atom. The van der Waals surface area contributed by atoms with Crippen molar-refractivity contribution < 1.29 is 9.53 Å². The van der Waals surface area contributed by atoms with Gasteiger partial charge in [0.1, 0.15) is 21.3 Å². The lowest BCUT2D eigenvalue weighted by Crippen LogP contribution is -2.30. The van der Waals surface area contributed by atoms with Crippen LogP contribution in [0.1, 0.15) is 22.3 Å². The molecule has 0 unspecified atom stereocenters. The summed E-state index contributed by atoms with van der Waals surface area (Å²) in [4.78, 5) is 33.3. The number of amides is 1. The highest BCUT2D eigenvalue weighted by molar-refractivity contribution is 8.26. The molecule has 0 atom stereocenters. The van der Waals surface area contributed by atoms with Crippen LogP contribution in [-0.2, 0) is 11.2 Å². The van der Waals surface area contributed by atoms with Gasteiger partial charge in [-0.2, -0.15) is 4.98 Å². The van der Waals surface area contributed by atoms with E-state index < -0.39 is 0 Å². The standard InChI is InChI=1S/C28H23N3O3S2/c1-18-14-19(2)16-21(15-18)34-25-22(26(32)30-12-7-6-10-24(30)29-25)17-23-27(33)31(28(35)36-23)13-11-20-8-4-3-5-9-20/h3-10,12,14-17H,11,13H2,1-2H3/b23-17+. The van der Waals surface area contributed by atoms with Crippen molar-refractivity contribution in [1.29, 1.82) is 0 Å². The summed E-state index contributed by atoms with van der Waals surface area (Å²) in [5, 5.41) is 0. The van der Waals surface area contributed by atoms with Crippen LogP contribution < -0.4 is 10.3 Å². The summed E-state index contributed by atoms with van der Waals surface area (Å²) < 4.78 is 8.03. The summed E-state index contributed by atoms with van der Waals surface area (Å²) >= 11 is 6.68. The number of aryl methyl sites for hydroxylation is 2. The number of nitrogens with zero attached hydrogens (tertiary/aromatic N) is 3. The number of pyridine rings is 1. The van der Waals surface area contributed by atoms with Gasteiger partial charge in [0.2, 0.25) is 5.88 Å². The molecule has 6 nitrogen and oxygen atoms in total. The van der Waals surface area contributed by atoms with E-state index in [1.165, 1.54) is 16.2 Å². The van der Waals surface area contributed by atoms with Crippen LogP contribution in [0, 0.1) is 13.8 Å². The van der Waals surface area contributed by atoms with Crippen molar-refractivity contribution in [3.05, 3.63) is 110 Å². The zero-order chi connectivity index (χ0) is 25.2. The van der Waals surface area contributed by atoms with Crippen LogP contribution in [0.3, 0.4) is 0 Å². The molecule has 2 aromatic carbocycles. The number of hydrogen-bond donors (Lipinski definition) is 0. The van der Waals surface area contributed by atoms with E-state index in [0.717, 1.165) is 16.7 Å². The molecule has 36 heavy (non-hydrogen) atoms. The van der Waals surface area contributed by atoms with E-state index >= 15 is 0 Å². The summed E-state index contributed by atoms with van der Waals surface area (Å²) in [5.41, 5.74) is 3.51. The molecule has 1 fully saturated rings. The lowest BCUT2D eigenvalue weighted by atomic mass is 10.1. The number of ether oxygens (including phenoxy) is 1. The molecule has 0 radical (unpaired) electrons. The van der Waals surface area contributed by atoms with Gasteiger partial charge in [0, 0.05) is 12.7 Å². The Hall–Kier alpha value is -3.75. The van der Waals surface area contributed by atoms with Crippen molar-refractivity contribution in [2.24, 2.45) is 0 Å². The molecule has 2 aromatic heterocycles. The predicted octanol–water partition coefficient (Wildman–Crippen LogP) is 5.55. The first-order valence-corrected chi connectivity index (χ1v) is 12.7. The number of rotatable bonds is 6. The van der Waals surface area contributed by atoms with E-state index in [2.05, 4.69) is 4.98 Å². The molecular formula is C28H23N3O3S2. The van der Waals surface area contributed by atoms with Crippen molar-refractivity contribution in [3.63, 3.8) is 0 Å². The number of hydrogen-bond acceptors (Lipinski definition) is 6. The van der Waals surface area contributed by atoms with Crippen molar-refractivity contribution in [2.45, 2.75) is 20.3 Å². The molecule has 1 saturated heterocycles. The summed E-state index contributed by atoms with van der Waals surface area (Å²) in [6, 6.07) is 21.0. The molecule has 8 heteroatoms. The average molecular weight is 514 g/mol. The minimum absolute atomic E-state index is 0.144. The molecule has 0 N–H and O–H groups in total. The maximum Gasteiger partial charge on any atom is 0.269 e. The van der Waals surface area contributed by atoms with Gasteiger partial charge in [-0.05, 0) is 67.3 Å². The zero-order valence-electron chi connectivity index (χ0n) is 19.8. The minimum atomic E-state index is -0.325. The van der Waals surface area contributed by atoms with Crippen molar-refractivity contribution in [2.75, 3.05) is 6.54 Å². The Balaban J connectivity index is 1.52. The monoisotopic (exact) mass is 513 g/mol. The first-order valence-electron chi connectivity index (χ1n) is 11.5. The molecule has 0 bridgehead atoms. The first-order chi connectivity index (χ1) is 17.4. The second kappa shape index (κ2) is 10.1. The van der Waals surface area contributed by atoms with Crippen LogP contribution >= 0.6 is 24.0 Å². The minimum Gasteiger partial charge on any atom is -0.438 e. The smallest absolute Gasteiger partial charge is 0.269 e. The Kier molecular flexibility index (Phi) is 6.71. The first kappa shape index (κ1) is 24.0. The third-order valence-corrected chi connectivity index (χ3v) is 7.14. The zero-order valence-corrected chi connectivity index (χ0v) is 21.4. The Morgan fingerprint density at radius 3 is 2.47 bits per heavy atom. The summed E-state index contributed by atoms with van der Waals surface area (Å²) in [6.45, 7) is 4.42. The van der Waals surface area contributed by atoms with Gasteiger partial charge >= 0.3 is 0 Å². The van der Waals surface area contributed by atoms with Gasteiger partial charge in [0.25, 0.3) is 11.5 Å². The summed E-state index contributed by atoms with van der Waals surface area (Å²) in [6.07, 6.45) is 3.88. The highest BCUT2D eigenvalue weighted by Gasteiger charge is 2.32. The van der Waals surface area contributed by atoms with Crippen LogP contribution in [0.4, 0.5) is 0 Å².